The number of rotatable bonds is 3. The highest BCUT2D eigenvalue weighted by atomic mass is 16.5. The lowest BCUT2D eigenvalue weighted by atomic mass is 9.99. The van der Waals surface area contributed by atoms with Gasteiger partial charge in [-0.3, -0.25) is 0 Å². The zero-order chi connectivity index (χ0) is 10.7. The number of hydrogen-bond acceptors (Lipinski definition) is 3. The Bertz CT molecular complexity index is 182. The van der Waals surface area contributed by atoms with Crippen molar-refractivity contribution in [2.75, 3.05) is 13.2 Å². The van der Waals surface area contributed by atoms with E-state index in [0.29, 0.717) is 24.4 Å². The van der Waals surface area contributed by atoms with Crippen molar-refractivity contribution in [2.45, 2.75) is 63.9 Å². The van der Waals surface area contributed by atoms with Crippen LogP contribution in [-0.2, 0) is 9.47 Å². The second-order valence-electron chi connectivity index (χ2n) is 4.97. The maximum atomic E-state index is 5.72. The maximum absolute atomic E-state index is 5.72. The molecule has 3 nitrogen and oxygen atoms in total. The summed E-state index contributed by atoms with van der Waals surface area (Å²) < 4.78 is 11.3. The summed E-state index contributed by atoms with van der Waals surface area (Å²) in [4.78, 5) is 0. The first kappa shape index (κ1) is 11.4. The highest BCUT2D eigenvalue weighted by Crippen LogP contribution is 2.19. The second-order valence-corrected chi connectivity index (χ2v) is 4.97. The molecule has 0 unspecified atom stereocenters. The molecule has 15 heavy (non-hydrogen) atoms. The summed E-state index contributed by atoms with van der Waals surface area (Å²) in [5.41, 5.74) is 0. The first-order valence-corrected chi connectivity index (χ1v) is 6.24. The van der Waals surface area contributed by atoms with Gasteiger partial charge in [0.05, 0.1) is 18.3 Å². The molecule has 0 saturated carbocycles. The molecule has 2 rings (SSSR count). The largest absolute Gasteiger partial charge is 0.377 e. The van der Waals surface area contributed by atoms with Crippen LogP contribution in [0.5, 0.6) is 0 Å². The van der Waals surface area contributed by atoms with E-state index >= 15 is 0 Å². The van der Waals surface area contributed by atoms with Crippen LogP contribution in [0.3, 0.4) is 0 Å². The molecular weight excluding hydrogens is 190 g/mol. The third kappa shape index (κ3) is 3.44. The van der Waals surface area contributed by atoms with E-state index in [1.807, 2.05) is 0 Å². The first-order chi connectivity index (χ1) is 7.24. The second kappa shape index (κ2) is 5.28. The minimum Gasteiger partial charge on any atom is -0.377 e. The quantitative estimate of drug-likeness (QED) is 0.774. The zero-order valence-corrected chi connectivity index (χ0v) is 9.87. The molecule has 2 saturated heterocycles. The van der Waals surface area contributed by atoms with E-state index in [9.17, 15) is 0 Å². The van der Waals surface area contributed by atoms with Crippen LogP contribution in [0.15, 0.2) is 0 Å². The van der Waals surface area contributed by atoms with Crippen LogP contribution in [0.1, 0.15) is 39.5 Å². The molecule has 0 radical (unpaired) electrons. The van der Waals surface area contributed by atoms with E-state index in [0.717, 1.165) is 26.0 Å². The van der Waals surface area contributed by atoms with E-state index in [4.69, 9.17) is 9.47 Å². The summed E-state index contributed by atoms with van der Waals surface area (Å²) in [6, 6.07) is 0.618. The fourth-order valence-electron chi connectivity index (χ4n) is 2.68. The van der Waals surface area contributed by atoms with Gasteiger partial charge in [-0.2, -0.15) is 0 Å². The predicted molar refractivity (Wildman–Crippen MR) is 60.0 cm³/mol. The molecule has 2 fully saturated rings. The Kier molecular flexibility index (Phi) is 4.00. The fraction of sp³-hybridized carbons (Fsp3) is 1.00. The Balaban J connectivity index is 1.69. The van der Waals surface area contributed by atoms with Crippen LogP contribution in [-0.4, -0.2) is 37.5 Å². The SMILES string of the molecule is C[C@@H]1CC(NC[C@@H]2CCCO2)C[C@@H](C)O1. The van der Waals surface area contributed by atoms with Gasteiger partial charge in [0, 0.05) is 19.2 Å². The van der Waals surface area contributed by atoms with Gasteiger partial charge in [-0.25, -0.2) is 0 Å². The van der Waals surface area contributed by atoms with Crippen molar-refractivity contribution in [3.05, 3.63) is 0 Å². The van der Waals surface area contributed by atoms with Crippen LogP contribution in [0.2, 0.25) is 0 Å². The summed E-state index contributed by atoms with van der Waals surface area (Å²) in [7, 11) is 0. The summed E-state index contributed by atoms with van der Waals surface area (Å²) >= 11 is 0. The monoisotopic (exact) mass is 213 g/mol. The van der Waals surface area contributed by atoms with E-state index in [-0.39, 0.29) is 0 Å². The number of hydrogen-bond donors (Lipinski definition) is 1. The van der Waals surface area contributed by atoms with Crippen molar-refractivity contribution in [1.82, 2.24) is 5.32 Å². The Hall–Kier alpha value is -0.120. The fourth-order valence-corrected chi connectivity index (χ4v) is 2.68. The Morgan fingerprint density at radius 2 is 1.93 bits per heavy atom. The maximum Gasteiger partial charge on any atom is 0.0700 e. The molecule has 2 aliphatic rings. The predicted octanol–water partition coefficient (Wildman–Crippen LogP) is 1.71. The van der Waals surface area contributed by atoms with E-state index in [1.54, 1.807) is 0 Å². The lowest BCUT2D eigenvalue weighted by Crippen LogP contribution is -2.43. The van der Waals surface area contributed by atoms with Gasteiger partial charge in [0.1, 0.15) is 0 Å². The van der Waals surface area contributed by atoms with E-state index in [1.165, 1.54) is 12.8 Å². The molecule has 3 atom stereocenters. The molecule has 0 aromatic carbocycles. The lowest BCUT2D eigenvalue weighted by molar-refractivity contribution is -0.0436. The van der Waals surface area contributed by atoms with E-state index in [2.05, 4.69) is 19.2 Å². The molecule has 0 bridgehead atoms. The lowest BCUT2D eigenvalue weighted by Gasteiger charge is -2.33. The van der Waals surface area contributed by atoms with Crippen molar-refractivity contribution in [1.29, 1.82) is 0 Å². The molecule has 0 aliphatic carbocycles. The van der Waals surface area contributed by atoms with E-state index < -0.39 is 0 Å². The Morgan fingerprint density at radius 1 is 1.20 bits per heavy atom. The normalized spacial score (nSPS) is 42.0. The van der Waals surface area contributed by atoms with Crippen LogP contribution in [0.4, 0.5) is 0 Å². The third-order valence-corrected chi connectivity index (χ3v) is 3.36. The molecule has 88 valence electrons. The van der Waals surface area contributed by atoms with Gasteiger partial charge in [0.2, 0.25) is 0 Å². The first-order valence-electron chi connectivity index (χ1n) is 6.24. The van der Waals surface area contributed by atoms with Crippen LogP contribution in [0, 0.1) is 0 Å². The summed E-state index contributed by atoms with van der Waals surface area (Å²) in [6.07, 6.45) is 5.98. The van der Waals surface area contributed by atoms with Gasteiger partial charge < -0.3 is 14.8 Å². The van der Waals surface area contributed by atoms with Crippen molar-refractivity contribution in [3.63, 3.8) is 0 Å². The van der Waals surface area contributed by atoms with Gasteiger partial charge in [-0.05, 0) is 39.5 Å². The van der Waals surface area contributed by atoms with Gasteiger partial charge in [-0.1, -0.05) is 0 Å². The smallest absolute Gasteiger partial charge is 0.0700 e. The van der Waals surface area contributed by atoms with Crippen LogP contribution in [0.25, 0.3) is 0 Å². The average Bonchev–Trinajstić information content (AvgIpc) is 2.65. The van der Waals surface area contributed by atoms with Crippen LogP contribution < -0.4 is 5.32 Å². The average molecular weight is 213 g/mol. The van der Waals surface area contributed by atoms with Gasteiger partial charge >= 0.3 is 0 Å². The van der Waals surface area contributed by atoms with Crippen molar-refractivity contribution in [3.8, 4) is 0 Å². The van der Waals surface area contributed by atoms with Gasteiger partial charge in [0.25, 0.3) is 0 Å². The molecule has 0 aromatic heterocycles. The topological polar surface area (TPSA) is 30.5 Å². The molecule has 2 heterocycles. The zero-order valence-electron chi connectivity index (χ0n) is 9.87. The van der Waals surface area contributed by atoms with Crippen molar-refractivity contribution < 1.29 is 9.47 Å². The highest BCUT2D eigenvalue weighted by molar-refractivity contribution is 4.80. The van der Waals surface area contributed by atoms with Gasteiger partial charge in [-0.15, -0.1) is 0 Å². The molecule has 0 amide bonds. The Morgan fingerprint density at radius 3 is 2.53 bits per heavy atom. The van der Waals surface area contributed by atoms with Crippen LogP contribution >= 0.6 is 0 Å². The standard InChI is InChI=1S/C12H23NO2/c1-9-6-11(7-10(2)15-9)13-8-12-4-3-5-14-12/h9-13H,3-8H2,1-2H3/t9-,10-,12+/m1/s1. The third-order valence-electron chi connectivity index (χ3n) is 3.36. The minimum atomic E-state index is 0.399. The number of nitrogens with one attached hydrogen (secondary N) is 1. The summed E-state index contributed by atoms with van der Waals surface area (Å²) in [6.45, 7) is 6.30. The van der Waals surface area contributed by atoms with Gasteiger partial charge in [0.15, 0.2) is 0 Å². The molecule has 0 spiro atoms. The molecule has 1 N–H and O–H groups in total. The summed E-state index contributed by atoms with van der Waals surface area (Å²) in [5.74, 6) is 0. The molecule has 2 aliphatic heterocycles. The number of ether oxygens (including phenoxy) is 2. The van der Waals surface area contributed by atoms with Crippen molar-refractivity contribution in [2.24, 2.45) is 0 Å². The molecular formula is C12H23NO2. The molecule has 3 heteroatoms. The summed E-state index contributed by atoms with van der Waals surface area (Å²) in [5, 5.41) is 3.62. The minimum absolute atomic E-state index is 0.399. The highest BCUT2D eigenvalue weighted by Gasteiger charge is 2.25. The molecule has 0 aromatic rings. The Labute approximate surface area is 92.5 Å². The van der Waals surface area contributed by atoms with Crippen molar-refractivity contribution >= 4 is 0 Å².